The van der Waals surface area contributed by atoms with Gasteiger partial charge in [-0.05, 0) is 30.5 Å². The lowest BCUT2D eigenvalue weighted by atomic mass is 10.1. The molecule has 2 atom stereocenters. The Bertz CT molecular complexity index is 516. The van der Waals surface area contributed by atoms with Crippen molar-refractivity contribution in [1.82, 2.24) is 0 Å². The second-order valence-electron chi connectivity index (χ2n) is 5.33. The van der Waals surface area contributed by atoms with Crippen LogP contribution in [0.2, 0.25) is 0 Å². The molecule has 0 spiro atoms. The van der Waals surface area contributed by atoms with Crippen LogP contribution < -0.4 is 10.6 Å². The highest BCUT2D eigenvalue weighted by Gasteiger charge is 2.37. The summed E-state index contributed by atoms with van der Waals surface area (Å²) in [5.41, 5.74) is 7.19. The van der Waals surface area contributed by atoms with Crippen LogP contribution in [-0.4, -0.2) is 29.6 Å². The van der Waals surface area contributed by atoms with Crippen molar-refractivity contribution in [3.05, 3.63) is 29.8 Å². The molecular formula is C15H20N2O3. The third-order valence-corrected chi connectivity index (χ3v) is 3.78. The summed E-state index contributed by atoms with van der Waals surface area (Å²) in [7, 11) is 0. The summed E-state index contributed by atoms with van der Waals surface area (Å²) in [6.07, 6.45) is 1.39. The maximum atomic E-state index is 12.4. The summed E-state index contributed by atoms with van der Waals surface area (Å²) in [4.78, 5) is 25.2. The number of nitrogens with zero attached hydrogens (tertiary/aromatic N) is 1. The number of para-hydroxylation sites is 1. The zero-order valence-electron chi connectivity index (χ0n) is 11.6. The van der Waals surface area contributed by atoms with Crippen LogP contribution in [0.5, 0.6) is 0 Å². The monoisotopic (exact) mass is 276 g/mol. The topological polar surface area (TPSA) is 83.6 Å². The lowest BCUT2D eigenvalue weighted by Crippen LogP contribution is -2.43. The van der Waals surface area contributed by atoms with Crippen LogP contribution in [0.15, 0.2) is 24.3 Å². The SMILES string of the molecule is CC(CN)CCC(=O)N1c2ccccc2C[C@H]1C(=O)O. The van der Waals surface area contributed by atoms with E-state index in [9.17, 15) is 14.7 Å². The Labute approximate surface area is 118 Å². The van der Waals surface area contributed by atoms with Crippen LogP contribution >= 0.6 is 0 Å². The zero-order chi connectivity index (χ0) is 14.7. The highest BCUT2D eigenvalue weighted by atomic mass is 16.4. The minimum atomic E-state index is -0.957. The predicted octanol–water partition coefficient (Wildman–Crippen LogP) is 1.40. The van der Waals surface area contributed by atoms with E-state index in [-0.39, 0.29) is 11.8 Å². The van der Waals surface area contributed by atoms with Crippen molar-refractivity contribution in [3.63, 3.8) is 0 Å². The number of rotatable bonds is 5. The molecule has 20 heavy (non-hydrogen) atoms. The molecule has 3 N–H and O–H groups in total. The number of nitrogens with two attached hydrogens (primary N) is 1. The first kappa shape index (κ1) is 14.5. The molecule has 1 unspecified atom stereocenters. The molecule has 1 aliphatic heterocycles. The van der Waals surface area contributed by atoms with Gasteiger partial charge in [-0.25, -0.2) is 4.79 Å². The minimum Gasteiger partial charge on any atom is -0.480 e. The molecule has 0 bridgehead atoms. The van der Waals surface area contributed by atoms with E-state index in [1.165, 1.54) is 4.90 Å². The first-order chi connectivity index (χ1) is 9.54. The van der Waals surface area contributed by atoms with Gasteiger partial charge in [-0.15, -0.1) is 0 Å². The Morgan fingerprint density at radius 2 is 2.15 bits per heavy atom. The van der Waals surface area contributed by atoms with Gasteiger partial charge < -0.3 is 10.8 Å². The molecule has 1 heterocycles. The number of anilines is 1. The van der Waals surface area contributed by atoms with E-state index in [0.717, 1.165) is 11.3 Å². The predicted molar refractivity (Wildman–Crippen MR) is 76.5 cm³/mol. The van der Waals surface area contributed by atoms with Crippen LogP contribution in [-0.2, 0) is 16.0 Å². The molecule has 1 amide bonds. The molecule has 5 heteroatoms. The van der Waals surface area contributed by atoms with E-state index in [2.05, 4.69) is 0 Å². The van der Waals surface area contributed by atoms with Crippen LogP contribution in [0.4, 0.5) is 5.69 Å². The van der Waals surface area contributed by atoms with Crippen molar-refractivity contribution in [2.75, 3.05) is 11.4 Å². The Morgan fingerprint density at radius 1 is 1.45 bits per heavy atom. The molecule has 0 fully saturated rings. The van der Waals surface area contributed by atoms with E-state index in [1.54, 1.807) is 0 Å². The normalized spacial score (nSPS) is 18.7. The highest BCUT2D eigenvalue weighted by molar-refractivity contribution is 6.01. The van der Waals surface area contributed by atoms with Gasteiger partial charge in [0.05, 0.1) is 0 Å². The molecule has 0 radical (unpaired) electrons. The summed E-state index contributed by atoms with van der Waals surface area (Å²) in [5.74, 6) is -0.829. The fraction of sp³-hybridized carbons (Fsp3) is 0.467. The molecule has 1 aromatic carbocycles. The average Bonchev–Trinajstić information content (AvgIpc) is 2.84. The lowest BCUT2D eigenvalue weighted by molar-refractivity contribution is -0.139. The molecule has 0 aromatic heterocycles. The van der Waals surface area contributed by atoms with E-state index in [4.69, 9.17) is 5.73 Å². The van der Waals surface area contributed by atoms with Crippen molar-refractivity contribution in [3.8, 4) is 0 Å². The summed E-state index contributed by atoms with van der Waals surface area (Å²) in [5, 5.41) is 9.31. The smallest absolute Gasteiger partial charge is 0.327 e. The van der Waals surface area contributed by atoms with Gasteiger partial charge in [-0.1, -0.05) is 25.1 Å². The number of fused-ring (bicyclic) bond motifs is 1. The lowest BCUT2D eigenvalue weighted by Gasteiger charge is -2.23. The number of carboxylic acids is 1. The maximum absolute atomic E-state index is 12.4. The van der Waals surface area contributed by atoms with Gasteiger partial charge in [0.1, 0.15) is 6.04 Å². The molecule has 1 aliphatic rings. The number of carboxylic acid groups (broad SMARTS) is 1. The van der Waals surface area contributed by atoms with Gasteiger partial charge in [0, 0.05) is 18.5 Å². The quantitative estimate of drug-likeness (QED) is 0.851. The molecule has 5 nitrogen and oxygen atoms in total. The Hall–Kier alpha value is -1.88. The summed E-state index contributed by atoms with van der Waals surface area (Å²) in [6, 6.07) is 6.59. The Morgan fingerprint density at radius 3 is 2.80 bits per heavy atom. The maximum Gasteiger partial charge on any atom is 0.327 e. The third kappa shape index (κ3) is 2.82. The fourth-order valence-corrected chi connectivity index (χ4v) is 2.50. The van der Waals surface area contributed by atoms with Gasteiger partial charge in [0.25, 0.3) is 0 Å². The standard InChI is InChI=1S/C15H20N2O3/c1-10(9-16)6-7-14(18)17-12-5-3-2-4-11(12)8-13(17)15(19)20/h2-5,10,13H,6-9,16H2,1H3,(H,19,20)/t10?,13-/m0/s1. The van der Waals surface area contributed by atoms with Crippen molar-refractivity contribution >= 4 is 17.6 Å². The molecular weight excluding hydrogens is 256 g/mol. The van der Waals surface area contributed by atoms with E-state index < -0.39 is 12.0 Å². The first-order valence-corrected chi connectivity index (χ1v) is 6.87. The summed E-state index contributed by atoms with van der Waals surface area (Å²) >= 11 is 0. The van der Waals surface area contributed by atoms with Crippen molar-refractivity contribution < 1.29 is 14.7 Å². The Balaban J connectivity index is 2.18. The second kappa shape index (κ2) is 6.05. The van der Waals surface area contributed by atoms with Gasteiger partial charge in [-0.2, -0.15) is 0 Å². The summed E-state index contributed by atoms with van der Waals surface area (Å²) < 4.78 is 0. The number of carbonyl (C=O) groups excluding carboxylic acids is 1. The van der Waals surface area contributed by atoms with Crippen LogP contribution in [0, 0.1) is 5.92 Å². The molecule has 0 aliphatic carbocycles. The van der Waals surface area contributed by atoms with Crippen molar-refractivity contribution in [1.29, 1.82) is 0 Å². The van der Waals surface area contributed by atoms with E-state index >= 15 is 0 Å². The molecule has 0 saturated carbocycles. The van der Waals surface area contributed by atoms with E-state index in [1.807, 2.05) is 31.2 Å². The minimum absolute atomic E-state index is 0.136. The first-order valence-electron chi connectivity index (χ1n) is 6.87. The van der Waals surface area contributed by atoms with E-state index in [0.29, 0.717) is 25.8 Å². The summed E-state index contributed by atoms with van der Waals surface area (Å²) in [6.45, 7) is 2.52. The second-order valence-corrected chi connectivity index (χ2v) is 5.33. The number of hydrogen-bond acceptors (Lipinski definition) is 3. The van der Waals surface area contributed by atoms with Gasteiger partial charge in [0.15, 0.2) is 0 Å². The fourth-order valence-electron chi connectivity index (χ4n) is 2.50. The molecule has 1 aromatic rings. The average molecular weight is 276 g/mol. The van der Waals surface area contributed by atoms with Crippen LogP contribution in [0.3, 0.4) is 0 Å². The van der Waals surface area contributed by atoms with Gasteiger partial charge in [-0.3, -0.25) is 9.69 Å². The third-order valence-electron chi connectivity index (χ3n) is 3.78. The number of aliphatic carboxylic acids is 1. The van der Waals surface area contributed by atoms with Crippen molar-refractivity contribution in [2.24, 2.45) is 11.7 Å². The van der Waals surface area contributed by atoms with Gasteiger partial charge in [0.2, 0.25) is 5.91 Å². The zero-order valence-corrected chi connectivity index (χ0v) is 11.6. The molecule has 108 valence electrons. The van der Waals surface area contributed by atoms with Gasteiger partial charge >= 0.3 is 5.97 Å². The largest absolute Gasteiger partial charge is 0.480 e. The Kier molecular flexibility index (Phi) is 4.39. The number of benzene rings is 1. The van der Waals surface area contributed by atoms with Crippen molar-refractivity contribution in [2.45, 2.75) is 32.2 Å². The number of hydrogen-bond donors (Lipinski definition) is 2. The highest BCUT2D eigenvalue weighted by Crippen LogP contribution is 2.33. The number of amides is 1. The molecule has 2 rings (SSSR count). The van der Waals surface area contributed by atoms with Crippen LogP contribution in [0.25, 0.3) is 0 Å². The van der Waals surface area contributed by atoms with Crippen LogP contribution in [0.1, 0.15) is 25.3 Å². The molecule has 0 saturated heterocycles. The number of carbonyl (C=O) groups is 2.